The van der Waals surface area contributed by atoms with Crippen LogP contribution in [-0.2, 0) is 11.2 Å². The number of methoxy groups -OCH3 is 1. The van der Waals surface area contributed by atoms with Crippen molar-refractivity contribution in [2.24, 2.45) is 0 Å². The minimum atomic E-state index is -0.0979. The van der Waals surface area contributed by atoms with Crippen LogP contribution in [0.2, 0.25) is 0 Å². The number of rotatable bonds is 5. The molecule has 1 N–H and O–H groups in total. The fraction of sp³-hybridized carbons (Fsp3) is 0.300. The van der Waals surface area contributed by atoms with Gasteiger partial charge in [0.2, 0.25) is 5.91 Å². The molecule has 0 spiro atoms. The van der Waals surface area contributed by atoms with Crippen molar-refractivity contribution in [2.75, 3.05) is 30.4 Å². The highest BCUT2D eigenvalue weighted by Gasteiger charge is 2.14. The van der Waals surface area contributed by atoms with Crippen molar-refractivity contribution in [1.29, 1.82) is 0 Å². The summed E-state index contributed by atoms with van der Waals surface area (Å²) < 4.78 is 10.7. The summed E-state index contributed by atoms with van der Waals surface area (Å²) in [5.41, 5.74) is 2.26. The van der Waals surface area contributed by atoms with Crippen LogP contribution in [0.15, 0.2) is 47.2 Å². The van der Waals surface area contributed by atoms with Gasteiger partial charge in [-0.1, -0.05) is 0 Å². The van der Waals surface area contributed by atoms with E-state index in [2.05, 4.69) is 15.2 Å². The first kappa shape index (κ1) is 16.4. The van der Waals surface area contributed by atoms with E-state index < -0.39 is 0 Å². The number of hydrogen-bond donors (Lipinski definition) is 1. The van der Waals surface area contributed by atoms with Crippen LogP contribution in [0.3, 0.4) is 0 Å². The molecule has 1 fully saturated rings. The van der Waals surface area contributed by atoms with Crippen molar-refractivity contribution < 1.29 is 13.9 Å². The van der Waals surface area contributed by atoms with Crippen LogP contribution in [0.5, 0.6) is 5.75 Å². The van der Waals surface area contributed by atoms with Gasteiger partial charge in [0, 0.05) is 30.1 Å². The summed E-state index contributed by atoms with van der Waals surface area (Å²) in [5.74, 6) is 1.60. The quantitative estimate of drug-likeness (QED) is 0.760. The fourth-order valence-corrected chi connectivity index (χ4v) is 3.30. The number of amides is 1. The highest BCUT2D eigenvalue weighted by Crippen LogP contribution is 2.26. The molecule has 3 heterocycles. The van der Waals surface area contributed by atoms with Gasteiger partial charge < -0.3 is 19.4 Å². The van der Waals surface area contributed by atoms with E-state index in [1.165, 1.54) is 12.8 Å². The summed E-state index contributed by atoms with van der Waals surface area (Å²) in [5, 5.41) is 3.82. The van der Waals surface area contributed by atoms with Crippen LogP contribution in [0.4, 0.5) is 11.5 Å². The lowest BCUT2D eigenvalue weighted by Gasteiger charge is -2.16. The molecule has 3 aromatic rings. The molecule has 4 rings (SSSR count). The molecule has 26 heavy (non-hydrogen) atoms. The van der Waals surface area contributed by atoms with E-state index in [0.29, 0.717) is 11.3 Å². The number of anilines is 2. The zero-order valence-electron chi connectivity index (χ0n) is 14.7. The van der Waals surface area contributed by atoms with Gasteiger partial charge >= 0.3 is 0 Å². The molecule has 1 aliphatic heterocycles. The Morgan fingerprint density at radius 2 is 2.12 bits per heavy atom. The number of furan rings is 1. The molecule has 0 bridgehead atoms. The van der Waals surface area contributed by atoms with Gasteiger partial charge in [-0.15, -0.1) is 0 Å². The van der Waals surface area contributed by atoms with Gasteiger partial charge in [0.25, 0.3) is 0 Å². The summed E-state index contributed by atoms with van der Waals surface area (Å²) in [6, 6.07) is 9.45. The van der Waals surface area contributed by atoms with Gasteiger partial charge in [-0.05, 0) is 37.1 Å². The number of benzene rings is 1. The molecule has 134 valence electrons. The van der Waals surface area contributed by atoms with Gasteiger partial charge in [-0.2, -0.15) is 0 Å². The SMILES string of the molecule is COc1ccc2c(CC(=O)Nc3ccc(N4CCCC4)nc3)coc2c1. The van der Waals surface area contributed by atoms with E-state index in [9.17, 15) is 4.79 Å². The molecule has 1 aromatic carbocycles. The maximum atomic E-state index is 12.4. The summed E-state index contributed by atoms with van der Waals surface area (Å²) in [6.45, 7) is 2.11. The lowest BCUT2D eigenvalue weighted by Crippen LogP contribution is -2.19. The second-order valence-corrected chi connectivity index (χ2v) is 6.45. The molecular formula is C20H21N3O3. The van der Waals surface area contributed by atoms with E-state index in [1.54, 1.807) is 19.6 Å². The molecule has 0 saturated carbocycles. The molecule has 0 radical (unpaired) electrons. The molecule has 0 unspecified atom stereocenters. The third-order valence-electron chi connectivity index (χ3n) is 4.68. The zero-order valence-corrected chi connectivity index (χ0v) is 14.7. The van der Waals surface area contributed by atoms with Crippen LogP contribution in [0.25, 0.3) is 11.0 Å². The zero-order chi connectivity index (χ0) is 17.9. The van der Waals surface area contributed by atoms with E-state index >= 15 is 0 Å². The van der Waals surface area contributed by atoms with Crippen LogP contribution in [0.1, 0.15) is 18.4 Å². The Bertz CT molecular complexity index is 912. The summed E-state index contributed by atoms with van der Waals surface area (Å²) in [7, 11) is 1.61. The summed E-state index contributed by atoms with van der Waals surface area (Å²) >= 11 is 0. The lowest BCUT2D eigenvalue weighted by molar-refractivity contribution is -0.115. The number of fused-ring (bicyclic) bond motifs is 1. The van der Waals surface area contributed by atoms with Crippen LogP contribution in [0, 0.1) is 0 Å². The Hall–Kier alpha value is -3.02. The first-order chi connectivity index (χ1) is 12.7. The first-order valence-corrected chi connectivity index (χ1v) is 8.78. The van der Waals surface area contributed by atoms with Gasteiger partial charge in [0.05, 0.1) is 31.7 Å². The third-order valence-corrected chi connectivity index (χ3v) is 4.68. The third kappa shape index (κ3) is 3.35. The number of carbonyl (C=O) groups is 1. The number of carbonyl (C=O) groups excluding carboxylic acids is 1. The summed E-state index contributed by atoms with van der Waals surface area (Å²) in [4.78, 5) is 19.1. The molecule has 0 atom stereocenters. The smallest absolute Gasteiger partial charge is 0.228 e. The van der Waals surface area contributed by atoms with Crippen molar-refractivity contribution in [1.82, 2.24) is 4.98 Å². The Labute approximate surface area is 151 Å². The summed E-state index contributed by atoms with van der Waals surface area (Å²) in [6.07, 6.45) is 6.00. The minimum Gasteiger partial charge on any atom is -0.497 e. The first-order valence-electron chi connectivity index (χ1n) is 8.78. The molecule has 1 amide bonds. The van der Waals surface area contributed by atoms with Crippen LogP contribution < -0.4 is 15.0 Å². The maximum Gasteiger partial charge on any atom is 0.228 e. The van der Waals surface area contributed by atoms with E-state index in [1.807, 2.05) is 30.3 Å². The predicted octanol–water partition coefficient (Wildman–Crippen LogP) is 3.62. The molecule has 2 aromatic heterocycles. The normalized spacial score (nSPS) is 14.0. The Morgan fingerprint density at radius 3 is 2.85 bits per heavy atom. The van der Waals surface area contributed by atoms with E-state index in [4.69, 9.17) is 9.15 Å². The van der Waals surface area contributed by atoms with E-state index in [0.717, 1.165) is 35.6 Å². The van der Waals surface area contributed by atoms with Crippen molar-refractivity contribution in [3.63, 3.8) is 0 Å². The highest BCUT2D eigenvalue weighted by molar-refractivity contribution is 5.95. The molecule has 1 saturated heterocycles. The molecule has 6 nitrogen and oxygen atoms in total. The predicted molar refractivity (Wildman–Crippen MR) is 101 cm³/mol. The largest absolute Gasteiger partial charge is 0.497 e. The average Bonchev–Trinajstić information content (AvgIpc) is 3.32. The number of nitrogens with zero attached hydrogens (tertiary/aromatic N) is 2. The topological polar surface area (TPSA) is 67.6 Å². The van der Waals surface area contributed by atoms with Crippen molar-refractivity contribution in [3.05, 3.63) is 48.4 Å². The van der Waals surface area contributed by atoms with Gasteiger partial charge in [0.1, 0.15) is 17.2 Å². The second kappa shape index (κ2) is 7.07. The second-order valence-electron chi connectivity index (χ2n) is 6.45. The Morgan fingerprint density at radius 1 is 1.27 bits per heavy atom. The average molecular weight is 351 g/mol. The molecule has 0 aliphatic carbocycles. The van der Waals surface area contributed by atoms with Crippen LogP contribution in [-0.4, -0.2) is 31.1 Å². The number of pyridine rings is 1. The van der Waals surface area contributed by atoms with Crippen molar-refractivity contribution in [3.8, 4) is 5.75 Å². The van der Waals surface area contributed by atoms with Crippen LogP contribution >= 0.6 is 0 Å². The maximum absolute atomic E-state index is 12.4. The minimum absolute atomic E-state index is 0.0979. The lowest BCUT2D eigenvalue weighted by atomic mass is 10.1. The van der Waals surface area contributed by atoms with Gasteiger partial charge in [-0.25, -0.2) is 4.98 Å². The molecule has 1 aliphatic rings. The molecule has 6 heteroatoms. The Kier molecular flexibility index (Phi) is 4.48. The fourth-order valence-electron chi connectivity index (χ4n) is 3.30. The van der Waals surface area contributed by atoms with Gasteiger partial charge in [0.15, 0.2) is 0 Å². The number of hydrogen-bond acceptors (Lipinski definition) is 5. The number of ether oxygens (including phenoxy) is 1. The Balaban J connectivity index is 1.42. The van der Waals surface area contributed by atoms with E-state index in [-0.39, 0.29) is 12.3 Å². The molecular weight excluding hydrogens is 330 g/mol. The highest BCUT2D eigenvalue weighted by atomic mass is 16.5. The monoisotopic (exact) mass is 351 g/mol. The van der Waals surface area contributed by atoms with Crippen molar-refractivity contribution >= 4 is 28.4 Å². The standard InChI is InChI=1S/C20H21N3O3/c1-25-16-5-6-17-14(13-26-18(17)11-16)10-20(24)22-15-4-7-19(21-12-15)23-8-2-3-9-23/h4-7,11-13H,2-3,8-10H2,1H3,(H,22,24). The van der Waals surface area contributed by atoms with Crippen molar-refractivity contribution in [2.45, 2.75) is 19.3 Å². The van der Waals surface area contributed by atoms with Gasteiger partial charge in [-0.3, -0.25) is 4.79 Å². The number of nitrogens with one attached hydrogen (secondary N) is 1. The number of aromatic nitrogens is 1.